The van der Waals surface area contributed by atoms with Gasteiger partial charge in [-0.1, -0.05) is 13.0 Å². The number of nitrogens with one attached hydrogen (secondary N) is 1. The van der Waals surface area contributed by atoms with Crippen LogP contribution in [0.3, 0.4) is 0 Å². The molecule has 0 saturated carbocycles. The first kappa shape index (κ1) is 18.1. The van der Waals surface area contributed by atoms with Gasteiger partial charge in [-0.2, -0.15) is 0 Å². The number of benzene rings is 1. The van der Waals surface area contributed by atoms with Crippen molar-refractivity contribution in [3.8, 4) is 0 Å². The zero-order chi connectivity index (χ0) is 15.7. The molecule has 1 N–H and O–H groups in total. The van der Waals surface area contributed by atoms with Crippen molar-refractivity contribution < 1.29 is 13.6 Å². The summed E-state index contributed by atoms with van der Waals surface area (Å²) >= 11 is 0. The fraction of sp³-hybridized carbons (Fsp3) is 0.588. The lowest BCUT2D eigenvalue weighted by Gasteiger charge is -2.30. The summed E-state index contributed by atoms with van der Waals surface area (Å²) in [6, 6.07) is 4.41. The first-order chi connectivity index (χ1) is 10.6. The lowest BCUT2D eigenvalue weighted by atomic mass is 9.90. The molecule has 1 unspecified atom stereocenters. The van der Waals surface area contributed by atoms with Crippen molar-refractivity contribution in [3.63, 3.8) is 0 Å². The normalized spacial score (nSPS) is 25.0. The van der Waals surface area contributed by atoms with Crippen LogP contribution in [-0.2, 0) is 4.79 Å². The standard InChI is InChI=1S/C17H22F2N2O.ClH/c1-11(12-4-5-15(18)16(19)9-12)2-3-13-8-14-10-20-6-7-21(14)17(13)22;/h4-5,9,11,13-14,20H,2-3,6-8,10H2,1H3;1H/t11?,13-,14-;/m0./s1. The summed E-state index contributed by atoms with van der Waals surface area (Å²) < 4.78 is 26.3. The fourth-order valence-electron chi connectivity index (χ4n) is 3.60. The van der Waals surface area contributed by atoms with Gasteiger partial charge in [0.1, 0.15) is 0 Å². The highest BCUT2D eigenvalue weighted by Gasteiger charge is 2.39. The predicted molar refractivity (Wildman–Crippen MR) is 87.7 cm³/mol. The Kier molecular flexibility index (Phi) is 5.98. The van der Waals surface area contributed by atoms with Crippen LogP contribution in [0.15, 0.2) is 18.2 Å². The second-order valence-electron chi connectivity index (χ2n) is 6.47. The molecular formula is C17H23ClF2N2O. The molecule has 3 atom stereocenters. The zero-order valence-electron chi connectivity index (χ0n) is 13.2. The van der Waals surface area contributed by atoms with Crippen LogP contribution in [-0.4, -0.2) is 36.5 Å². The average molecular weight is 345 g/mol. The van der Waals surface area contributed by atoms with E-state index in [1.807, 2.05) is 11.8 Å². The van der Waals surface area contributed by atoms with Gasteiger partial charge in [-0.15, -0.1) is 12.4 Å². The monoisotopic (exact) mass is 344 g/mol. The average Bonchev–Trinajstić information content (AvgIpc) is 2.84. The topological polar surface area (TPSA) is 32.3 Å². The van der Waals surface area contributed by atoms with Crippen LogP contribution >= 0.6 is 12.4 Å². The molecule has 128 valence electrons. The van der Waals surface area contributed by atoms with E-state index in [2.05, 4.69) is 5.32 Å². The van der Waals surface area contributed by atoms with E-state index in [-0.39, 0.29) is 30.2 Å². The summed E-state index contributed by atoms with van der Waals surface area (Å²) in [5, 5.41) is 3.33. The minimum absolute atomic E-state index is 0. The van der Waals surface area contributed by atoms with Crippen LogP contribution in [0.1, 0.15) is 37.7 Å². The smallest absolute Gasteiger partial charge is 0.226 e. The van der Waals surface area contributed by atoms with E-state index in [9.17, 15) is 13.6 Å². The zero-order valence-corrected chi connectivity index (χ0v) is 14.0. The first-order valence-electron chi connectivity index (χ1n) is 8.02. The predicted octanol–water partition coefficient (Wildman–Crippen LogP) is 3.09. The lowest BCUT2D eigenvalue weighted by molar-refractivity contribution is -0.132. The molecule has 23 heavy (non-hydrogen) atoms. The molecule has 0 aliphatic carbocycles. The minimum atomic E-state index is -0.814. The fourth-order valence-corrected chi connectivity index (χ4v) is 3.60. The second kappa shape index (κ2) is 7.58. The number of hydrogen-bond acceptors (Lipinski definition) is 2. The van der Waals surface area contributed by atoms with E-state index in [0.717, 1.165) is 44.5 Å². The highest BCUT2D eigenvalue weighted by molar-refractivity contribution is 5.85. The maximum Gasteiger partial charge on any atom is 0.226 e. The number of hydrogen-bond donors (Lipinski definition) is 1. The number of rotatable bonds is 4. The molecule has 2 saturated heterocycles. The lowest BCUT2D eigenvalue weighted by Crippen LogP contribution is -2.49. The Bertz CT molecular complexity index is 570. The number of fused-ring (bicyclic) bond motifs is 1. The van der Waals surface area contributed by atoms with Crippen LogP contribution in [0.4, 0.5) is 8.78 Å². The molecule has 2 fully saturated rings. The van der Waals surface area contributed by atoms with Crippen LogP contribution in [0.25, 0.3) is 0 Å². The Morgan fingerprint density at radius 2 is 2.13 bits per heavy atom. The van der Waals surface area contributed by atoms with Crippen molar-refractivity contribution in [2.75, 3.05) is 19.6 Å². The highest BCUT2D eigenvalue weighted by Crippen LogP contribution is 2.32. The molecule has 0 aromatic heterocycles. The van der Waals surface area contributed by atoms with Crippen molar-refractivity contribution in [1.82, 2.24) is 10.2 Å². The van der Waals surface area contributed by atoms with E-state index in [1.165, 1.54) is 12.1 Å². The number of carbonyl (C=O) groups is 1. The molecular weight excluding hydrogens is 322 g/mol. The van der Waals surface area contributed by atoms with Gasteiger partial charge in [-0.05, 0) is 42.9 Å². The van der Waals surface area contributed by atoms with Gasteiger partial charge in [-0.25, -0.2) is 8.78 Å². The SMILES string of the molecule is CC(CC[C@H]1C[C@H]2CNCCN2C1=O)c1ccc(F)c(F)c1.Cl. The van der Waals surface area contributed by atoms with Gasteiger partial charge in [0.15, 0.2) is 11.6 Å². The summed E-state index contributed by atoms with van der Waals surface area (Å²) in [5.74, 6) is -1.14. The third kappa shape index (κ3) is 3.83. The molecule has 2 aliphatic rings. The minimum Gasteiger partial charge on any atom is -0.337 e. The van der Waals surface area contributed by atoms with Gasteiger partial charge in [0.2, 0.25) is 5.91 Å². The maximum absolute atomic E-state index is 13.3. The van der Waals surface area contributed by atoms with Crippen LogP contribution in [0, 0.1) is 17.6 Å². The van der Waals surface area contributed by atoms with Crippen LogP contribution in [0.2, 0.25) is 0 Å². The van der Waals surface area contributed by atoms with Crippen molar-refractivity contribution in [2.45, 2.75) is 38.1 Å². The van der Waals surface area contributed by atoms with Gasteiger partial charge in [0, 0.05) is 31.6 Å². The van der Waals surface area contributed by atoms with E-state index in [0.29, 0.717) is 6.04 Å². The number of halogens is 3. The molecule has 6 heteroatoms. The Balaban J connectivity index is 0.00000192. The van der Waals surface area contributed by atoms with Crippen LogP contribution in [0.5, 0.6) is 0 Å². The van der Waals surface area contributed by atoms with Crippen molar-refractivity contribution in [1.29, 1.82) is 0 Å². The maximum atomic E-state index is 13.3. The Morgan fingerprint density at radius 1 is 1.35 bits per heavy atom. The Hall–Kier alpha value is -1.20. The van der Waals surface area contributed by atoms with E-state index in [1.54, 1.807) is 6.07 Å². The number of carbonyl (C=O) groups excluding carboxylic acids is 1. The van der Waals surface area contributed by atoms with E-state index >= 15 is 0 Å². The largest absolute Gasteiger partial charge is 0.337 e. The summed E-state index contributed by atoms with van der Waals surface area (Å²) in [6.45, 7) is 4.57. The van der Waals surface area contributed by atoms with Crippen LogP contribution < -0.4 is 5.32 Å². The summed E-state index contributed by atoms with van der Waals surface area (Å²) in [5.41, 5.74) is 0.795. The van der Waals surface area contributed by atoms with Gasteiger partial charge in [0.05, 0.1) is 0 Å². The van der Waals surface area contributed by atoms with Crippen molar-refractivity contribution in [2.24, 2.45) is 5.92 Å². The highest BCUT2D eigenvalue weighted by atomic mass is 35.5. The molecule has 2 aliphatic heterocycles. The molecule has 0 radical (unpaired) electrons. The first-order valence-corrected chi connectivity index (χ1v) is 8.02. The molecule has 3 nitrogen and oxygen atoms in total. The van der Waals surface area contributed by atoms with Gasteiger partial charge < -0.3 is 10.2 Å². The Labute approximate surface area is 141 Å². The Morgan fingerprint density at radius 3 is 2.83 bits per heavy atom. The molecule has 1 amide bonds. The quantitative estimate of drug-likeness (QED) is 0.910. The van der Waals surface area contributed by atoms with E-state index < -0.39 is 11.6 Å². The molecule has 1 aromatic rings. The number of nitrogens with zero attached hydrogens (tertiary/aromatic N) is 1. The summed E-state index contributed by atoms with van der Waals surface area (Å²) in [7, 11) is 0. The molecule has 3 rings (SSSR count). The van der Waals surface area contributed by atoms with E-state index in [4.69, 9.17) is 0 Å². The van der Waals surface area contributed by atoms with Crippen molar-refractivity contribution in [3.05, 3.63) is 35.4 Å². The third-order valence-electron chi connectivity index (χ3n) is 5.00. The molecule has 0 bridgehead atoms. The molecule has 0 spiro atoms. The second-order valence-corrected chi connectivity index (χ2v) is 6.47. The number of amides is 1. The van der Waals surface area contributed by atoms with Gasteiger partial charge in [-0.3, -0.25) is 4.79 Å². The summed E-state index contributed by atoms with van der Waals surface area (Å²) in [6.07, 6.45) is 2.54. The third-order valence-corrected chi connectivity index (χ3v) is 5.00. The number of piperazine rings is 1. The molecule has 1 aromatic carbocycles. The van der Waals surface area contributed by atoms with Crippen molar-refractivity contribution >= 4 is 18.3 Å². The van der Waals surface area contributed by atoms with Gasteiger partial charge in [0.25, 0.3) is 0 Å². The van der Waals surface area contributed by atoms with Gasteiger partial charge >= 0.3 is 0 Å². The molecule has 2 heterocycles. The summed E-state index contributed by atoms with van der Waals surface area (Å²) in [4.78, 5) is 14.4.